The summed E-state index contributed by atoms with van der Waals surface area (Å²) in [5.41, 5.74) is 7.63. The SMILES string of the molecule is C/C=C/CCc1ccc2c(c1)CCC(c1ccc3cc(CCCC)ccc3c1)C2. The van der Waals surface area contributed by atoms with Crippen LogP contribution in [0.1, 0.15) is 73.3 Å². The molecule has 0 aliphatic heterocycles. The minimum atomic E-state index is 0.653. The van der Waals surface area contributed by atoms with Crippen LogP contribution in [0.15, 0.2) is 66.7 Å². The Labute approximate surface area is 176 Å². The van der Waals surface area contributed by atoms with Crippen LogP contribution in [0.3, 0.4) is 0 Å². The molecule has 3 aromatic carbocycles. The van der Waals surface area contributed by atoms with E-state index in [9.17, 15) is 0 Å². The van der Waals surface area contributed by atoms with Crippen molar-refractivity contribution >= 4 is 10.8 Å². The zero-order chi connectivity index (χ0) is 20.1. The maximum absolute atomic E-state index is 2.47. The Bertz CT molecular complexity index is 992. The van der Waals surface area contributed by atoms with Gasteiger partial charge in [0.05, 0.1) is 0 Å². The van der Waals surface area contributed by atoms with Gasteiger partial charge in [0.15, 0.2) is 0 Å². The minimum absolute atomic E-state index is 0.653. The molecular formula is C29H34. The predicted molar refractivity (Wildman–Crippen MR) is 127 cm³/mol. The quantitative estimate of drug-likeness (QED) is 0.363. The van der Waals surface area contributed by atoms with Gasteiger partial charge in [-0.05, 0) is 96.4 Å². The Hall–Kier alpha value is -2.34. The highest BCUT2D eigenvalue weighted by atomic mass is 14.2. The molecule has 1 unspecified atom stereocenters. The van der Waals surface area contributed by atoms with Gasteiger partial charge in [0, 0.05) is 0 Å². The summed E-state index contributed by atoms with van der Waals surface area (Å²) in [7, 11) is 0. The molecule has 0 saturated heterocycles. The molecule has 0 heteroatoms. The van der Waals surface area contributed by atoms with Crippen LogP contribution >= 0.6 is 0 Å². The van der Waals surface area contributed by atoms with Crippen LogP contribution in [0.4, 0.5) is 0 Å². The molecule has 0 aromatic heterocycles. The van der Waals surface area contributed by atoms with Gasteiger partial charge in [0.1, 0.15) is 0 Å². The second-order valence-corrected chi connectivity index (χ2v) is 8.69. The molecule has 0 amide bonds. The van der Waals surface area contributed by atoms with Gasteiger partial charge in [-0.3, -0.25) is 0 Å². The second kappa shape index (κ2) is 9.44. The van der Waals surface area contributed by atoms with Crippen molar-refractivity contribution in [3.05, 3.63) is 94.6 Å². The summed E-state index contributed by atoms with van der Waals surface area (Å²) in [6.07, 6.45) is 14.1. The highest BCUT2D eigenvalue weighted by molar-refractivity contribution is 5.84. The Morgan fingerprint density at radius 2 is 1.66 bits per heavy atom. The van der Waals surface area contributed by atoms with E-state index < -0.39 is 0 Å². The summed E-state index contributed by atoms with van der Waals surface area (Å²) in [5, 5.41) is 2.79. The lowest BCUT2D eigenvalue weighted by molar-refractivity contribution is 0.585. The van der Waals surface area contributed by atoms with Crippen LogP contribution in [0.25, 0.3) is 10.8 Å². The normalized spacial score (nSPS) is 16.4. The molecule has 0 N–H and O–H groups in total. The summed E-state index contributed by atoms with van der Waals surface area (Å²) >= 11 is 0. The van der Waals surface area contributed by atoms with Crippen LogP contribution < -0.4 is 0 Å². The zero-order valence-corrected chi connectivity index (χ0v) is 18.1. The van der Waals surface area contributed by atoms with Crippen molar-refractivity contribution in [3.63, 3.8) is 0 Å². The third kappa shape index (κ3) is 4.81. The molecule has 0 heterocycles. The van der Waals surface area contributed by atoms with E-state index in [4.69, 9.17) is 0 Å². The van der Waals surface area contributed by atoms with Gasteiger partial charge in [-0.25, -0.2) is 0 Å². The molecule has 0 nitrogen and oxygen atoms in total. The summed E-state index contributed by atoms with van der Waals surface area (Å²) < 4.78 is 0. The number of fused-ring (bicyclic) bond motifs is 2. The fraction of sp³-hybridized carbons (Fsp3) is 0.379. The first-order valence-electron chi connectivity index (χ1n) is 11.5. The number of benzene rings is 3. The zero-order valence-electron chi connectivity index (χ0n) is 18.1. The van der Waals surface area contributed by atoms with Gasteiger partial charge in [-0.15, -0.1) is 0 Å². The van der Waals surface area contributed by atoms with Crippen LogP contribution in [-0.4, -0.2) is 0 Å². The second-order valence-electron chi connectivity index (χ2n) is 8.69. The van der Waals surface area contributed by atoms with Crippen LogP contribution in [0, 0.1) is 0 Å². The summed E-state index contributed by atoms with van der Waals surface area (Å²) in [6.45, 7) is 4.37. The number of hydrogen-bond donors (Lipinski definition) is 0. The summed E-state index contributed by atoms with van der Waals surface area (Å²) in [5.74, 6) is 0.653. The van der Waals surface area contributed by atoms with Crippen LogP contribution in [-0.2, 0) is 25.7 Å². The lowest BCUT2D eigenvalue weighted by atomic mass is 9.79. The standard InChI is InChI=1S/C29H34/c1-3-5-7-9-23-11-13-27-21-29(17-15-25(27)19-23)28-16-14-24-18-22(8-6-4-2)10-12-26(24)20-28/h3,5,10-14,16,18-20,29H,4,6-9,15,17,21H2,1-2H3/b5-3+. The summed E-state index contributed by atoms with van der Waals surface area (Å²) in [4.78, 5) is 0. The molecule has 1 atom stereocenters. The van der Waals surface area contributed by atoms with Crippen molar-refractivity contribution in [1.29, 1.82) is 0 Å². The Balaban J connectivity index is 1.49. The lowest BCUT2D eigenvalue weighted by Crippen LogP contribution is -2.13. The lowest BCUT2D eigenvalue weighted by Gasteiger charge is -2.26. The van der Waals surface area contributed by atoms with Gasteiger partial charge in [0.25, 0.3) is 0 Å². The molecule has 0 bridgehead atoms. The van der Waals surface area contributed by atoms with Crippen molar-refractivity contribution in [2.45, 2.75) is 71.1 Å². The number of allylic oxidation sites excluding steroid dienone is 2. The number of hydrogen-bond acceptors (Lipinski definition) is 0. The van der Waals surface area contributed by atoms with E-state index in [1.54, 1.807) is 11.1 Å². The van der Waals surface area contributed by atoms with E-state index in [2.05, 4.69) is 80.6 Å². The third-order valence-electron chi connectivity index (χ3n) is 6.55. The maximum atomic E-state index is 2.47. The molecule has 0 spiro atoms. The average molecular weight is 383 g/mol. The van der Waals surface area contributed by atoms with Crippen molar-refractivity contribution in [1.82, 2.24) is 0 Å². The predicted octanol–water partition coefficient (Wildman–Crippen LogP) is 7.96. The van der Waals surface area contributed by atoms with Crippen molar-refractivity contribution in [2.24, 2.45) is 0 Å². The third-order valence-corrected chi connectivity index (χ3v) is 6.55. The van der Waals surface area contributed by atoms with E-state index in [0.29, 0.717) is 5.92 Å². The van der Waals surface area contributed by atoms with Crippen molar-refractivity contribution in [3.8, 4) is 0 Å². The molecule has 0 radical (unpaired) electrons. The van der Waals surface area contributed by atoms with Crippen molar-refractivity contribution < 1.29 is 0 Å². The molecule has 3 aromatic rings. The average Bonchev–Trinajstić information content (AvgIpc) is 2.77. The molecule has 1 aliphatic rings. The van der Waals surface area contributed by atoms with Gasteiger partial charge < -0.3 is 0 Å². The van der Waals surface area contributed by atoms with E-state index in [1.807, 2.05) is 0 Å². The number of unbranched alkanes of at least 4 members (excludes halogenated alkanes) is 1. The fourth-order valence-electron chi connectivity index (χ4n) is 4.77. The first-order valence-corrected chi connectivity index (χ1v) is 11.5. The number of rotatable bonds is 7. The molecule has 0 saturated carbocycles. The molecule has 4 rings (SSSR count). The topological polar surface area (TPSA) is 0 Å². The highest BCUT2D eigenvalue weighted by Crippen LogP contribution is 2.34. The molecule has 150 valence electrons. The maximum Gasteiger partial charge on any atom is -0.0118 e. The fourth-order valence-corrected chi connectivity index (χ4v) is 4.77. The van der Waals surface area contributed by atoms with E-state index in [-0.39, 0.29) is 0 Å². The molecule has 0 fully saturated rings. The molecular weight excluding hydrogens is 348 g/mol. The first-order chi connectivity index (χ1) is 14.3. The molecule has 1 aliphatic carbocycles. The van der Waals surface area contributed by atoms with Crippen molar-refractivity contribution in [2.75, 3.05) is 0 Å². The smallest absolute Gasteiger partial charge is 0.0118 e. The van der Waals surface area contributed by atoms with Gasteiger partial charge >= 0.3 is 0 Å². The van der Waals surface area contributed by atoms with Crippen LogP contribution in [0.2, 0.25) is 0 Å². The van der Waals surface area contributed by atoms with E-state index in [0.717, 1.165) is 12.8 Å². The Morgan fingerprint density at radius 1 is 0.862 bits per heavy atom. The van der Waals surface area contributed by atoms with E-state index in [1.165, 1.54) is 66.0 Å². The monoisotopic (exact) mass is 382 g/mol. The van der Waals surface area contributed by atoms with Gasteiger partial charge in [0.2, 0.25) is 0 Å². The Morgan fingerprint density at radius 3 is 2.52 bits per heavy atom. The first kappa shape index (κ1) is 20.0. The summed E-state index contributed by atoms with van der Waals surface area (Å²) in [6, 6.07) is 21.4. The van der Waals surface area contributed by atoms with E-state index >= 15 is 0 Å². The van der Waals surface area contributed by atoms with Gasteiger partial charge in [-0.2, -0.15) is 0 Å². The van der Waals surface area contributed by atoms with Gasteiger partial charge in [-0.1, -0.05) is 80.1 Å². The number of aryl methyl sites for hydroxylation is 3. The minimum Gasteiger partial charge on any atom is -0.0917 e. The Kier molecular flexibility index (Phi) is 6.49. The van der Waals surface area contributed by atoms with Crippen LogP contribution in [0.5, 0.6) is 0 Å². The highest BCUT2D eigenvalue weighted by Gasteiger charge is 2.20. The molecule has 29 heavy (non-hydrogen) atoms. The largest absolute Gasteiger partial charge is 0.0917 e.